The number of nitrogens with one attached hydrogen (secondary N) is 3. The number of aromatic amines is 1. The van der Waals surface area contributed by atoms with Gasteiger partial charge in [0.25, 0.3) is 5.91 Å². The quantitative estimate of drug-likeness (QED) is 0.707. The molecule has 18 heavy (non-hydrogen) atoms. The topological polar surface area (TPSA) is 74.0 Å². The summed E-state index contributed by atoms with van der Waals surface area (Å²) in [5.74, 6) is -0.0995. The largest absolute Gasteiger partial charge is 0.349 e. The summed E-state index contributed by atoms with van der Waals surface area (Å²) in [5, 5.41) is 6.60. The van der Waals surface area contributed by atoms with E-state index in [1.54, 1.807) is 6.07 Å². The van der Waals surface area contributed by atoms with Crippen LogP contribution in [-0.2, 0) is 0 Å². The highest BCUT2D eigenvalue weighted by Gasteiger charge is 2.34. The van der Waals surface area contributed by atoms with Gasteiger partial charge in [0.2, 0.25) is 5.56 Å². The van der Waals surface area contributed by atoms with Crippen LogP contribution in [0.15, 0.2) is 23.1 Å². The molecular weight excluding hydrogens is 230 g/mol. The fourth-order valence-electron chi connectivity index (χ4n) is 3.00. The van der Waals surface area contributed by atoms with Gasteiger partial charge in [0.1, 0.15) is 0 Å². The highest BCUT2D eigenvalue weighted by Crippen LogP contribution is 2.26. The molecule has 3 heterocycles. The van der Waals surface area contributed by atoms with Gasteiger partial charge < -0.3 is 15.6 Å². The van der Waals surface area contributed by atoms with Gasteiger partial charge in [0.05, 0.1) is 5.56 Å². The van der Waals surface area contributed by atoms with Crippen molar-refractivity contribution in [1.29, 1.82) is 0 Å². The standard InChI is InChI=1S/C13H17N3O2/c17-12-4-1-8(7-14-12)13(18)16-11-5-9-2-3-10(6-11)15-9/h1,4,7,9-11,15H,2-3,5-6H2,(H,14,17)(H,16,18). The van der Waals surface area contributed by atoms with E-state index in [2.05, 4.69) is 15.6 Å². The third-order valence-corrected chi connectivity index (χ3v) is 3.85. The van der Waals surface area contributed by atoms with Crippen LogP contribution in [0.4, 0.5) is 0 Å². The minimum Gasteiger partial charge on any atom is -0.349 e. The molecular formula is C13H17N3O2. The van der Waals surface area contributed by atoms with Crippen molar-refractivity contribution in [3.8, 4) is 0 Å². The Balaban J connectivity index is 1.64. The molecule has 2 bridgehead atoms. The van der Waals surface area contributed by atoms with Gasteiger partial charge in [-0.25, -0.2) is 0 Å². The van der Waals surface area contributed by atoms with Gasteiger partial charge in [-0.2, -0.15) is 0 Å². The van der Waals surface area contributed by atoms with E-state index in [-0.39, 0.29) is 17.5 Å². The molecule has 0 aromatic carbocycles. The highest BCUT2D eigenvalue weighted by atomic mass is 16.2. The van der Waals surface area contributed by atoms with E-state index in [0.29, 0.717) is 17.6 Å². The second kappa shape index (κ2) is 4.57. The van der Waals surface area contributed by atoms with Gasteiger partial charge in [-0.3, -0.25) is 9.59 Å². The lowest BCUT2D eigenvalue weighted by atomic mass is 9.99. The average molecular weight is 247 g/mol. The van der Waals surface area contributed by atoms with Gasteiger partial charge in [0.15, 0.2) is 0 Å². The number of piperidine rings is 1. The van der Waals surface area contributed by atoms with Crippen molar-refractivity contribution in [2.24, 2.45) is 0 Å². The van der Waals surface area contributed by atoms with Crippen molar-refractivity contribution >= 4 is 5.91 Å². The number of H-pyrrole nitrogens is 1. The predicted molar refractivity (Wildman–Crippen MR) is 67.5 cm³/mol. The molecule has 1 aromatic heterocycles. The van der Waals surface area contributed by atoms with E-state index in [4.69, 9.17) is 0 Å². The van der Waals surface area contributed by atoms with Gasteiger partial charge in [-0.05, 0) is 31.7 Å². The number of carbonyl (C=O) groups excluding carboxylic acids is 1. The van der Waals surface area contributed by atoms with Crippen LogP contribution < -0.4 is 16.2 Å². The first-order chi connectivity index (χ1) is 8.70. The zero-order chi connectivity index (χ0) is 12.5. The molecule has 2 fully saturated rings. The third kappa shape index (κ3) is 2.31. The van der Waals surface area contributed by atoms with E-state index in [9.17, 15) is 9.59 Å². The first-order valence-electron chi connectivity index (χ1n) is 6.46. The molecule has 2 atom stereocenters. The number of fused-ring (bicyclic) bond motifs is 2. The van der Waals surface area contributed by atoms with Crippen LogP contribution >= 0.6 is 0 Å². The van der Waals surface area contributed by atoms with E-state index in [1.165, 1.54) is 25.1 Å². The number of amides is 1. The van der Waals surface area contributed by atoms with Crippen LogP contribution in [0.25, 0.3) is 0 Å². The summed E-state index contributed by atoms with van der Waals surface area (Å²) < 4.78 is 0. The van der Waals surface area contributed by atoms with E-state index in [0.717, 1.165) is 12.8 Å². The SMILES string of the molecule is O=C(NC1CC2CCC(C1)N2)c1ccc(=O)[nH]c1. The Hall–Kier alpha value is -1.62. The first kappa shape index (κ1) is 11.5. The Labute approximate surface area is 105 Å². The number of hydrogen-bond acceptors (Lipinski definition) is 3. The van der Waals surface area contributed by atoms with Gasteiger partial charge in [-0.15, -0.1) is 0 Å². The van der Waals surface area contributed by atoms with Crippen molar-refractivity contribution in [2.75, 3.05) is 0 Å². The van der Waals surface area contributed by atoms with Crippen molar-refractivity contribution < 1.29 is 4.79 Å². The van der Waals surface area contributed by atoms with Crippen LogP contribution in [0.5, 0.6) is 0 Å². The Kier molecular flexibility index (Phi) is 2.91. The number of carbonyl (C=O) groups is 1. The number of aromatic nitrogens is 1. The Morgan fingerprint density at radius 3 is 2.56 bits per heavy atom. The summed E-state index contributed by atoms with van der Waals surface area (Å²) >= 11 is 0. The Morgan fingerprint density at radius 1 is 1.22 bits per heavy atom. The Morgan fingerprint density at radius 2 is 1.94 bits per heavy atom. The van der Waals surface area contributed by atoms with Crippen LogP contribution in [-0.4, -0.2) is 29.0 Å². The number of pyridine rings is 1. The summed E-state index contributed by atoms with van der Waals surface area (Å²) in [6.45, 7) is 0. The maximum atomic E-state index is 12.0. The molecule has 3 rings (SSSR count). The van der Waals surface area contributed by atoms with Crippen molar-refractivity contribution in [2.45, 2.75) is 43.8 Å². The van der Waals surface area contributed by atoms with Crippen LogP contribution in [0.3, 0.4) is 0 Å². The molecule has 1 amide bonds. The zero-order valence-corrected chi connectivity index (χ0v) is 10.1. The molecule has 0 spiro atoms. The van der Waals surface area contributed by atoms with Gasteiger partial charge in [0, 0.05) is 30.4 Å². The molecule has 2 saturated heterocycles. The lowest BCUT2D eigenvalue weighted by molar-refractivity contribution is 0.0923. The van der Waals surface area contributed by atoms with Gasteiger partial charge in [-0.1, -0.05) is 0 Å². The minimum absolute atomic E-state index is 0.0995. The zero-order valence-electron chi connectivity index (χ0n) is 10.1. The van der Waals surface area contributed by atoms with Crippen molar-refractivity contribution in [1.82, 2.24) is 15.6 Å². The number of rotatable bonds is 2. The van der Waals surface area contributed by atoms with Crippen molar-refractivity contribution in [3.63, 3.8) is 0 Å². The fourth-order valence-corrected chi connectivity index (χ4v) is 3.00. The van der Waals surface area contributed by atoms with E-state index in [1.807, 2.05) is 0 Å². The molecule has 3 N–H and O–H groups in total. The average Bonchev–Trinajstić information content (AvgIpc) is 2.69. The monoisotopic (exact) mass is 247 g/mol. The maximum absolute atomic E-state index is 12.0. The highest BCUT2D eigenvalue weighted by molar-refractivity contribution is 5.94. The third-order valence-electron chi connectivity index (χ3n) is 3.85. The molecule has 2 aliphatic rings. The molecule has 96 valence electrons. The lowest BCUT2D eigenvalue weighted by Crippen LogP contribution is -2.48. The first-order valence-corrected chi connectivity index (χ1v) is 6.46. The second-order valence-corrected chi connectivity index (χ2v) is 5.22. The molecule has 2 unspecified atom stereocenters. The smallest absolute Gasteiger partial charge is 0.252 e. The molecule has 5 nitrogen and oxygen atoms in total. The second-order valence-electron chi connectivity index (χ2n) is 5.22. The van der Waals surface area contributed by atoms with Crippen LogP contribution in [0, 0.1) is 0 Å². The number of hydrogen-bond donors (Lipinski definition) is 3. The van der Waals surface area contributed by atoms with Gasteiger partial charge >= 0.3 is 0 Å². The maximum Gasteiger partial charge on any atom is 0.252 e. The van der Waals surface area contributed by atoms with Crippen LogP contribution in [0.2, 0.25) is 0 Å². The molecule has 2 aliphatic heterocycles. The molecule has 1 aromatic rings. The normalized spacial score (nSPS) is 30.1. The summed E-state index contributed by atoms with van der Waals surface area (Å²) in [5.41, 5.74) is 0.326. The minimum atomic E-state index is -0.188. The van der Waals surface area contributed by atoms with Crippen molar-refractivity contribution in [3.05, 3.63) is 34.2 Å². The summed E-state index contributed by atoms with van der Waals surface area (Å²) in [7, 11) is 0. The summed E-state index contributed by atoms with van der Waals surface area (Å²) in [4.78, 5) is 25.5. The predicted octanol–water partition coefficient (Wildman–Crippen LogP) is 0.388. The Bertz CT molecular complexity index is 479. The fraction of sp³-hybridized carbons (Fsp3) is 0.538. The lowest BCUT2D eigenvalue weighted by Gasteiger charge is -2.29. The van der Waals surface area contributed by atoms with E-state index >= 15 is 0 Å². The molecule has 0 radical (unpaired) electrons. The molecule has 0 aliphatic carbocycles. The molecule has 0 saturated carbocycles. The summed E-state index contributed by atoms with van der Waals surface area (Å²) in [6.07, 6.45) is 5.91. The van der Waals surface area contributed by atoms with E-state index < -0.39 is 0 Å². The summed E-state index contributed by atoms with van der Waals surface area (Å²) in [6, 6.07) is 4.31. The molecule has 5 heteroatoms. The van der Waals surface area contributed by atoms with Crippen LogP contribution in [0.1, 0.15) is 36.0 Å².